The molecule has 116 valence electrons. The van der Waals surface area contributed by atoms with Gasteiger partial charge in [-0.3, -0.25) is 0 Å². The molecule has 23 heavy (non-hydrogen) atoms. The zero-order chi connectivity index (χ0) is 15.8. The van der Waals surface area contributed by atoms with Crippen molar-refractivity contribution >= 4 is 22.5 Å². The number of rotatable bonds is 2. The molecule has 2 aromatic carbocycles. The molecule has 0 saturated carbocycles. The van der Waals surface area contributed by atoms with E-state index in [-0.39, 0.29) is 5.82 Å². The summed E-state index contributed by atoms with van der Waals surface area (Å²) in [5, 5.41) is 5.11. The number of nitrogens with zero attached hydrogens (tertiary/aromatic N) is 1. The topological polar surface area (TPSA) is 17.0 Å². The molecule has 0 bridgehead atoms. The van der Waals surface area contributed by atoms with Gasteiger partial charge < -0.3 is 9.88 Å². The van der Waals surface area contributed by atoms with Gasteiger partial charge in [-0.2, -0.15) is 0 Å². The first kappa shape index (κ1) is 14.3. The molecular weight excluding hydrogens is 311 g/mol. The smallest absolute Gasteiger partial charge is 0.123 e. The van der Waals surface area contributed by atoms with E-state index in [0.717, 1.165) is 34.6 Å². The molecule has 0 aliphatic carbocycles. The van der Waals surface area contributed by atoms with Gasteiger partial charge in [-0.25, -0.2) is 4.39 Å². The lowest BCUT2D eigenvalue weighted by Crippen LogP contribution is -2.15. The maximum Gasteiger partial charge on any atom is 0.123 e. The van der Waals surface area contributed by atoms with Gasteiger partial charge in [0.2, 0.25) is 0 Å². The first-order valence-electron chi connectivity index (χ1n) is 7.69. The Morgan fingerprint density at radius 3 is 2.70 bits per heavy atom. The second kappa shape index (κ2) is 5.74. The summed E-state index contributed by atoms with van der Waals surface area (Å²) < 4.78 is 15.3. The highest BCUT2D eigenvalue weighted by atomic mass is 35.5. The summed E-state index contributed by atoms with van der Waals surface area (Å²) >= 11 is 6.22. The summed E-state index contributed by atoms with van der Waals surface area (Å²) in [6, 6.07) is 12.5. The van der Waals surface area contributed by atoms with Crippen molar-refractivity contribution in [3.63, 3.8) is 0 Å². The lowest BCUT2D eigenvalue weighted by Gasteiger charge is -2.16. The van der Waals surface area contributed by atoms with E-state index in [1.54, 1.807) is 12.1 Å². The average molecular weight is 327 g/mol. The molecule has 4 heteroatoms. The van der Waals surface area contributed by atoms with Crippen LogP contribution in [0.1, 0.15) is 17.9 Å². The number of aromatic nitrogens is 1. The van der Waals surface area contributed by atoms with Crippen LogP contribution in [-0.2, 0) is 0 Å². The van der Waals surface area contributed by atoms with E-state index in [9.17, 15) is 4.39 Å². The zero-order valence-electron chi connectivity index (χ0n) is 12.5. The maximum absolute atomic E-state index is 13.2. The number of hydrogen-bond donors (Lipinski definition) is 1. The molecule has 4 rings (SSSR count). The van der Waals surface area contributed by atoms with Crippen LogP contribution in [-0.4, -0.2) is 11.1 Å². The van der Waals surface area contributed by atoms with Crippen LogP contribution in [0.15, 0.2) is 60.9 Å². The number of halogens is 2. The summed E-state index contributed by atoms with van der Waals surface area (Å²) in [6.45, 7) is 0.963. The van der Waals surface area contributed by atoms with Crippen molar-refractivity contribution in [1.82, 2.24) is 9.88 Å². The van der Waals surface area contributed by atoms with Gasteiger partial charge in [-0.05, 0) is 60.6 Å². The Balaban J connectivity index is 1.93. The van der Waals surface area contributed by atoms with E-state index in [4.69, 9.17) is 11.6 Å². The van der Waals surface area contributed by atoms with E-state index in [0.29, 0.717) is 5.92 Å². The Morgan fingerprint density at radius 2 is 1.96 bits per heavy atom. The Labute approximate surface area is 139 Å². The highest BCUT2D eigenvalue weighted by Gasteiger charge is 2.18. The van der Waals surface area contributed by atoms with Crippen LogP contribution in [0.2, 0.25) is 5.02 Å². The molecule has 0 saturated heterocycles. The molecule has 2 heterocycles. The van der Waals surface area contributed by atoms with Crippen molar-refractivity contribution in [2.45, 2.75) is 12.3 Å². The molecule has 1 aliphatic rings. The molecule has 0 fully saturated rings. The van der Waals surface area contributed by atoms with E-state index in [1.807, 2.05) is 24.4 Å². The van der Waals surface area contributed by atoms with Crippen molar-refractivity contribution < 1.29 is 4.39 Å². The number of nitrogens with one attached hydrogen (secondary N) is 1. The lowest BCUT2D eigenvalue weighted by molar-refractivity contribution is 0.627. The Morgan fingerprint density at radius 1 is 1.13 bits per heavy atom. The predicted octanol–water partition coefficient (Wildman–Crippen LogP) is 5.01. The fourth-order valence-electron chi connectivity index (χ4n) is 3.20. The normalized spacial score (nSPS) is 17.4. The second-order valence-electron chi connectivity index (χ2n) is 5.80. The molecular formula is C19H16ClFN2. The molecule has 1 aromatic heterocycles. The SMILES string of the molecule is Fc1ccc(-n2cc(C3C=CNCC3)c3cc(Cl)ccc32)cc1. The van der Waals surface area contributed by atoms with Gasteiger partial charge in [-0.1, -0.05) is 17.7 Å². The van der Waals surface area contributed by atoms with E-state index >= 15 is 0 Å². The average Bonchev–Trinajstić information content (AvgIpc) is 2.95. The quantitative estimate of drug-likeness (QED) is 0.700. The van der Waals surface area contributed by atoms with Gasteiger partial charge in [0.25, 0.3) is 0 Å². The minimum atomic E-state index is -0.227. The molecule has 0 radical (unpaired) electrons. The summed E-state index contributed by atoms with van der Waals surface area (Å²) in [4.78, 5) is 0. The number of hydrogen-bond acceptors (Lipinski definition) is 1. The highest BCUT2D eigenvalue weighted by molar-refractivity contribution is 6.31. The summed E-state index contributed by atoms with van der Waals surface area (Å²) in [5.74, 6) is 0.133. The van der Waals surface area contributed by atoms with E-state index in [1.165, 1.54) is 17.7 Å². The number of benzene rings is 2. The third-order valence-corrected chi connectivity index (χ3v) is 4.58. The van der Waals surface area contributed by atoms with Gasteiger partial charge in [0.1, 0.15) is 5.82 Å². The van der Waals surface area contributed by atoms with Gasteiger partial charge in [0, 0.05) is 34.8 Å². The monoisotopic (exact) mass is 326 g/mol. The molecule has 1 atom stereocenters. The molecule has 1 N–H and O–H groups in total. The van der Waals surface area contributed by atoms with Crippen LogP contribution in [0.3, 0.4) is 0 Å². The van der Waals surface area contributed by atoms with Crippen LogP contribution < -0.4 is 5.32 Å². The second-order valence-corrected chi connectivity index (χ2v) is 6.24. The van der Waals surface area contributed by atoms with Crippen LogP contribution in [0, 0.1) is 5.82 Å². The minimum Gasteiger partial charge on any atom is -0.391 e. The van der Waals surface area contributed by atoms with Crippen molar-refractivity contribution in [2.75, 3.05) is 6.54 Å². The van der Waals surface area contributed by atoms with Crippen LogP contribution in [0.5, 0.6) is 0 Å². The first-order chi connectivity index (χ1) is 11.2. The van der Waals surface area contributed by atoms with Crippen LogP contribution in [0.25, 0.3) is 16.6 Å². The van der Waals surface area contributed by atoms with Crippen LogP contribution in [0.4, 0.5) is 4.39 Å². The largest absolute Gasteiger partial charge is 0.391 e. The standard InChI is InChI=1S/C19H16ClFN2/c20-14-1-6-19-17(11-14)18(13-7-9-22-10-8-13)12-23(19)16-4-2-15(21)3-5-16/h1-7,9,11-13,22H,8,10H2. The van der Waals surface area contributed by atoms with E-state index < -0.39 is 0 Å². The number of fused-ring (bicyclic) bond motifs is 1. The highest BCUT2D eigenvalue weighted by Crippen LogP contribution is 2.34. The lowest BCUT2D eigenvalue weighted by atomic mass is 9.94. The van der Waals surface area contributed by atoms with Crippen molar-refractivity contribution in [3.05, 3.63) is 77.3 Å². The summed E-state index contributed by atoms with van der Waals surface area (Å²) in [7, 11) is 0. The fraction of sp³-hybridized carbons (Fsp3) is 0.158. The predicted molar refractivity (Wildman–Crippen MR) is 92.7 cm³/mol. The maximum atomic E-state index is 13.2. The molecule has 3 aromatic rings. The molecule has 2 nitrogen and oxygen atoms in total. The van der Waals surface area contributed by atoms with Gasteiger partial charge >= 0.3 is 0 Å². The molecule has 0 spiro atoms. The molecule has 1 aliphatic heterocycles. The van der Waals surface area contributed by atoms with Gasteiger partial charge in [0.15, 0.2) is 0 Å². The van der Waals surface area contributed by atoms with Gasteiger partial charge in [-0.15, -0.1) is 0 Å². The summed E-state index contributed by atoms with van der Waals surface area (Å²) in [6.07, 6.45) is 7.40. The van der Waals surface area contributed by atoms with E-state index in [2.05, 4.69) is 22.2 Å². The molecule has 1 unspecified atom stereocenters. The van der Waals surface area contributed by atoms with Crippen molar-refractivity contribution in [3.8, 4) is 5.69 Å². The third kappa shape index (κ3) is 2.62. The van der Waals surface area contributed by atoms with Crippen molar-refractivity contribution in [1.29, 1.82) is 0 Å². The van der Waals surface area contributed by atoms with Gasteiger partial charge in [0.05, 0.1) is 5.52 Å². The molecule has 0 amide bonds. The third-order valence-electron chi connectivity index (χ3n) is 4.35. The summed E-state index contributed by atoms with van der Waals surface area (Å²) in [5.41, 5.74) is 3.29. The zero-order valence-corrected chi connectivity index (χ0v) is 13.2. The Bertz CT molecular complexity index is 880. The Kier molecular flexibility index (Phi) is 3.58. The van der Waals surface area contributed by atoms with Crippen molar-refractivity contribution in [2.24, 2.45) is 0 Å². The Hall–Kier alpha value is -2.26. The number of allylic oxidation sites excluding steroid dienone is 1. The fourth-order valence-corrected chi connectivity index (χ4v) is 3.37. The first-order valence-corrected chi connectivity index (χ1v) is 8.07. The van der Waals surface area contributed by atoms with Crippen LogP contribution >= 0.6 is 11.6 Å². The minimum absolute atomic E-state index is 0.227.